The quantitative estimate of drug-likeness (QED) is 0.563. The van der Waals surface area contributed by atoms with Gasteiger partial charge in [0.2, 0.25) is 5.91 Å². The van der Waals surface area contributed by atoms with E-state index in [1.807, 2.05) is 5.32 Å². The molecule has 6 nitrogen and oxygen atoms in total. The lowest BCUT2D eigenvalue weighted by Gasteiger charge is -2.09. The molecule has 2 aromatic rings. The average molecular weight is 386 g/mol. The van der Waals surface area contributed by atoms with Crippen molar-refractivity contribution >= 4 is 34.8 Å². The number of amides is 2. The van der Waals surface area contributed by atoms with E-state index >= 15 is 0 Å². The van der Waals surface area contributed by atoms with E-state index in [4.69, 9.17) is 4.74 Å². The molecular formula is C16H13F3N2O4S. The Morgan fingerprint density at radius 1 is 1.04 bits per heavy atom. The monoisotopic (exact) mass is 386 g/mol. The molecule has 0 saturated carbocycles. The Labute approximate surface area is 150 Å². The largest absolute Gasteiger partial charge is 0.455 e. The molecule has 1 aromatic heterocycles. The Kier molecular flexibility index (Phi) is 6.73. The van der Waals surface area contributed by atoms with Gasteiger partial charge >= 0.3 is 5.97 Å². The van der Waals surface area contributed by atoms with Crippen LogP contribution in [0.25, 0.3) is 0 Å². The zero-order valence-electron chi connectivity index (χ0n) is 13.2. The molecule has 26 heavy (non-hydrogen) atoms. The second-order valence-corrected chi connectivity index (χ2v) is 6.00. The molecule has 0 fully saturated rings. The van der Waals surface area contributed by atoms with Crippen molar-refractivity contribution < 1.29 is 32.3 Å². The smallest absolute Gasteiger partial charge is 0.311 e. The van der Waals surface area contributed by atoms with E-state index in [-0.39, 0.29) is 6.42 Å². The summed E-state index contributed by atoms with van der Waals surface area (Å²) in [7, 11) is 0. The number of halogens is 3. The molecule has 0 saturated heterocycles. The van der Waals surface area contributed by atoms with Crippen LogP contribution in [-0.2, 0) is 25.5 Å². The summed E-state index contributed by atoms with van der Waals surface area (Å²) in [6.45, 7) is -1.16. The number of thiophene rings is 1. The fourth-order valence-corrected chi connectivity index (χ4v) is 2.49. The van der Waals surface area contributed by atoms with Gasteiger partial charge < -0.3 is 15.4 Å². The molecular weight excluding hydrogens is 373 g/mol. The third-order valence-corrected chi connectivity index (χ3v) is 3.89. The number of carbonyl (C=O) groups excluding carboxylic acids is 3. The third kappa shape index (κ3) is 5.59. The predicted octanol–water partition coefficient (Wildman–Crippen LogP) is 2.01. The van der Waals surface area contributed by atoms with Crippen molar-refractivity contribution in [3.8, 4) is 0 Å². The number of anilines is 1. The normalized spacial score (nSPS) is 10.3. The first-order valence-corrected chi connectivity index (χ1v) is 8.13. The highest BCUT2D eigenvalue weighted by Crippen LogP contribution is 2.19. The lowest BCUT2D eigenvalue weighted by Crippen LogP contribution is -2.35. The highest BCUT2D eigenvalue weighted by molar-refractivity contribution is 7.10. The van der Waals surface area contributed by atoms with Crippen LogP contribution in [-0.4, -0.2) is 30.9 Å². The van der Waals surface area contributed by atoms with E-state index in [1.54, 1.807) is 17.5 Å². The minimum Gasteiger partial charge on any atom is -0.455 e. The molecule has 2 amide bonds. The fraction of sp³-hybridized carbons (Fsp3) is 0.188. The van der Waals surface area contributed by atoms with Gasteiger partial charge in [0, 0.05) is 4.88 Å². The lowest BCUT2D eigenvalue weighted by molar-refractivity contribution is -0.147. The first-order chi connectivity index (χ1) is 12.4. The first-order valence-electron chi connectivity index (χ1n) is 7.25. The highest BCUT2D eigenvalue weighted by atomic mass is 32.1. The summed E-state index contributed by atoms with van der Waals surface area (Å²) in [6, 6.07) is 5.02. The first kappa shape index (κ1) is 19.4. The third-order valence-electron chi connectivity index (χ3n) is 3.02. The molecule has 0 atom stereocenters. The fourth-order valence-electron chi connectivity index (χ4n) is 1.80. The molecule has 0 bridgehead atoms. The van der Waals surface area contributed by atoms with Crippen molar-refractivity contribution in [2.24, 2.45) is 0 Å². The second kappa shape index (κ2) is 8.99. The van der Waals surface area contributed by atoms with E-state index in [9.17, 15) is 27.6 Å². The van der Waals surface area contributed by atoms with E-state index in [2.05, 4.69) is 5.32 Å². The standard InChI is InChI=1S/C16H13F3N2O4S/c17-10-3-4-11(16(19)15(10)18)21-12(22)7-20-13(23)8-25-14(24)6-9-2-1-5-26-9/h1-5H,6-8H2,(H,20,23)(H,21,22). The van der Waals surface area contributed by atoms with Gasteiger partial charge in [-0.1, -0.05) is 6.07 Å². The molecule has 0 radical (unpaired) electrons. The molecule has 10 heteroatoms. The van der Waals surface area contributed by atoms with Crippen LogP contribution >= 0.6 is 11.3 Å². The van der Waals surface area contributed by atoms with Crippen LogP contribution in [0.5, 0.6) is 0 Å². The van der Waals surface area contributed by atoms with Gasteiger partial charge in [-0.15, -0.1) is 11.3 Å². The molecule has 1 heterocycles. The highest BCUT2D eigenvalue weighted by Gasteiger charge is 2.16. The van der Waals surface area contributed by atoms with Crippen LogP contribution in [0.1, 0.15) is 4.88 Å². The van der Waals surface area contributed by atoms with Gasteiger partial charge in [-0.25, -0.2) is 13.2 Å². The van der Waals surface area contributed by atoms with Crippen LogP contribution in [0.4, 0.5) is 18.9 Å². The summed E-state index contributed by atoms with van der Waals surface area (Å²) < 4.78 is 44.0. The van der Waals surface area contributed by atoms with Gasteiger partial charge in [-0.2, -0.15) is 0 Å². The number of carbonyl (C=O) groups is 3. The molecule has 0 aliphatic heterocycles. The number of hydrogen-bond acceptors (Lipinski definition) is 5. The molecule has 2 rings (SSSR count). The van der Waals surface area contributed by atoms with Crippen molar-refractivity contribution in [3.63, 3.8) is 0 Å². The summed E-state index contributed by atoms with van der Waals surface area (Å²) in [5, 5.41) is 5.93. The van der Waals surface area contributed by atoms with Crippen molar-refractivity contribution in [1.29, 1.82) is 0 Å². The van der Waals surface area contributed by atoms with E-state index in [0.29, 0.717) is 6.07 Å². The molecule has 0 spiro atoms. The maximum Gasteiger partial charge on any atom is 0.311 e. The zero-order chi connectivity index (χ0) is 19.1. The average Bonchev–Trinajstić information content (AvgIpc) is 3.11. The van der Waals surface area contributed by atoms with Crippen LogP contribution in [0.3, 0.4) is 0 Å². The molecule has 2 N–H and O–H groups in total. The number of ether oxygens (including phenoxy) is 1. The summed E-state index contributed by atoms with van der Waals surface area (Å²) >= 11 is 1.37. The minimum atomic E-state index is -1.72. The minimum absolute atomic E-state index is 0.0286. The molecule has 1 aromatic carbocycles. The summed E-state index contributed by atoms with van der Waals surface area (Å²) in [6.07, 6.45) is 0.0286. The van der Waals surface area contributed by atoms with Gasteiger partial charge in [0.25, 0.3) is 5.91 Å². The maximum absolute atomic E-state index is 13.4. The Bertz CT molecular complexity index is 812. The van der Waals surface area contributed by atoms with Crippen LogP contribution in [0, 0.1) is 17.5 Å². The molecule has 0 aliphatic rings. The second-order valence-electron chi connectivity index (χ2n) is 4.96. The Morgan fingerprint density at radius 2 is 1.81 bits per heavy atom. The maximum atomic E-state index is 13.4. The summed E-state index contributed by atoms with van der Waals surface area (Å²) in [5.41, 5.74) is -0.564. The van der Waals surface area contributed by atoms with Crippen molar-refractivity contribution in [1.82, 2.24) is 5.32 Å². The van der Waals surface area contributed by atoms with Crippen molar-refractivity contribution in [3.05, 3.63) is 52.0 Å². The Hall–Kier alpha value is -2.88. The van der Waals surface area contributed by atoms with Gasteiger partial charge in [0.1, 0.15) is 0 Å². The van der Waals surface area contributed by atoms with E-state index in [0.717, 1.165) is 10.9 Å². The van der Waals surface area contributed by atoms with Crippen LogP contribution in [0.15, 0.2) is 29.6 Å². The number of rotatable bonds is 7. The molecule has 138 valence electrons. The predicted molar refractivity (Wildman–Crippen MR) is 86.9 cm³/mol. The summed E-state index contributed by atoms with van der Waals surface area (Å²) in [4.78, 5) is 35.4. The van der Waals surface area contributed by atoms with Crippen molar-refractivity contribution in [2.75, 3.05) is 18.5 Å². The number of benzene rings is 1. The van der Waals surface area contributed by atoms with Crippen molar-refractivity contribution in [2.45, 2.75) is 6.42 Å². The van der Waals surface area contributed by atoms with Gasteiger partial charge in [-0.3, -0.25) is 14.4 Å². The SMILES string of the molecule is O=C(COC(=O)Cc1cccs1)NCC(=O)Nc1ccc(F)c(F)c1F. The summed E-state index contributed by atoms with van der Waals surface area (Å²) in [5.74, 6) is -6.87. The molecule has 0 unspecified atom stereocenters. The number of esters is 1. The van der Waals surface area contributed by atoms with Gasteiger partial charge in [0.15, 0.2) is 24.1 Å². The lowest BCUT2D eigenvalue weighted by atomic mass is 10.2. The topological polar surface area (TPSA) is 84.5 Å². The zero-order valence-corrected chi connectivity index (χ0v) is 14.0. The Balaban J connectivity index is 1.72. The number of nitrogens with one attached hydrogen (secondary N) is 2. The molecule has 0 aliphatic carbocycles. The number of hydrogen-bond donors (Lipinski definition) is 2. The van der Waals surface area contributed by atoms with E-state index in [1.165, 1.54) is 11.3 Å². The van der Waals surface area contributed by atoms with Crippen LogP contribution in [0.2, 0.25) is 0 Å². The van der Waals surface area contributed by atoms with Gasteiger partial charge in [0.05, 0.1) is 18.7 Å². The van der Waals surface area contributed by atoms with Gasteiger partial charge in [-0.05, 0) is 23.6 Å². The van der Waals surface area contributed by atoms with Crippen LogP contribution < -0.4 is 10.6 Å². The van der Waals surface area contributed by atoms with E-state index < -0.39 is 54.1 Å². The Morgan fingerprint density at radius 3 is 2.50 bits per heavy atom.